The van der Waals surface area contributed by atoms with Crippen molar-refractivity contribution in [1.29, 1.82) is 5.26 Å². The second kappa shape index (κ2) is 5.85. The van der Waals surface area contributed by atoms with Crippen LogP contribution in [0.3, 0.4) is 0 Å². The van der Waals surface area contributed by atoms with Gasteiger partial charge >= 0.3 is 0 Å². The second-order valence-corrected chi connectivity index (χ2v) is 4.86. The van der Waals surface area contributed by atoms with Gasteiger partial charge in [-0.15, -0.1) is 0 Å². The lowest BCUT2D eigenvalue weighted by Crippen LogP contribution is -2.03. The molecule has 0 aliphatic carbocycles. The lowest BCUT2D eigenvalue weighted by molar-refractivity contribution is 1.03. The lowest BCUT2D eigenvalue weighted by Gasteiger charge is -2.08. The number of rotatable bonds is 3. The number of hydrogen-bond acceptors (Lipinski definition) is 3. The minimum absolute atomic E-state index is 0.536. The zero-order valence-corrected chi connectivity index (χ0v) is 11.7. The fraction of sp³-hybridized carbons (Fsp3) is 0.0769. The van der Waals surface area contributed by atoms with Crippen LogP contribution >= 0.6 is 27.5 Å². The molecule has 2 rings (SSSR count). The third-order valence-electron chi connectivity index (χ3n) is 2.33. The second-order valence-electron chi connectivity index (χ2n) is 3.61. The van der Waals surface area contributed by atoms with E-state index in [9.17, 15) is 0 Å². The van der Waals surface area contributed by atoms with E-state index in [0.29, 0.717) is 22.8 Å². The minimum Gasteiger partial charge on any atom is -0.378 e. The van der Waals surface area contributed by atoms with E-state index in [2.05, 4.69) is 32.3 Å². The summed E-state index contributed by atoms with van der Waals surface area (Å²) in [5, 5.41) is 12.7. The van der Waals surface area contributed by atoms with Crippen LogP contribution in [0, 0.1) is 11.3 Å². The largest absolute Gasteiger partial charge is 0.378 e. The number of nitriles is 1. The van der Waals surface area contributed by atoms with Gasteiger partial charge in [0.25, 0.3) is 0 Å². The van der Waals surface area contributed by atoms with Gasteiger partial charge in [0.15, 0.2) is 0 Å². The Hall–Kier alpha value is -1.57. The van der Waals surface area contributed by atoms with Gasteiger partial charge in [0.05, 0.1) is 23.5 Å². The molecular formula is C13H9BrClN3. The van der Waals surface area contributed by atoms with Gasteiger partial charge in [0, 0.05) is 5.02 Å². The molecule has 90 valence electrons. The van der Waals surface area contributed by atoms with Crippen molar-refractivity contribution < 1.29 is 0 Å². The van der Waals surface area contributed by atoms with Crippen LogP contribution < -0.4 is 5.32 Å². The van der Waals surface area contributed by atoms with Gasteiger partial charge in [0.2, 0.25) is 0 Å². The minimum atomic E-state index is 0.536. The molecule has 0 aliphatic rings. The van der Waals surface area contributed by atoms with Gasteiger partial charge in [-0.2, -0.15) is 5.26 Å². The summed E-state index contributed by atoms with van der Waals surface area (Å²) < 4.78 is 0.786. The van der Waals surface area contributed by atoms with Crippen molar-refractivity contribution in [3.05, 3.63) is 57.3 Å². The molecule has 0 aliphatic heterocycles. The summed E-state index contributed by atoms with van der Waals surface area (Å²) in [6.07, 6.45) is 0. The predicted molar refractivity (Wildman–Crippen MR) is 75.4 cm³/mol. The molecule has 3 nitrogen and oxygen atoms in total. The molecule has 0 bridgehead atoms. The van der Waals surface area contributed by atoms with E-state index >= 15 is 0 Å². The van der Waals surface area contributed by atoms with Crippen LogP contribution in [-0.2, 0) is 6.54 Å². The number of aromatic nitrogens is 1. The van der Waals surface area contributed by atoms with E-state index in [1.807, 2.05) is 18.2 Å². The predicted octanol–water partition coefficient (Wildman–Crippen LogP) is 3.98. The average molecular weight is 323 g/mol. The lowest BCUT2D eigenvalue weighted by atomic mass is 10.2. The number of benzene rings is 1. The molecule has 0 fully saturated rings. The maximum Gasteiger partial charge on any atom is 0.106 e. The van der Waals surface area contributed by atoms with Crippen molar-refractivity contribution in [1.82, 2.24) is 4.98 Å². The van der Waals surface area contributed by atoms with Crippen LogP contribution in [0.15, 0.2) is 41.0 Å². The number of nitrogens with one attached hydrogen (secondary N) is 1. The third-order valence-corrected chi connectivity index (χ3v) is 3.01. The highest BCUT2D eigenvalue weighted by Gasteiger charge is 2.03. The highest BCUT2D eigenvalue weighted by molar-refractivity contribution is 9.10. The molecule has 0 radical (unpaired) electrons. The average Bonchev–Trinajstić information content (AvgIpc) is 2.37. The first-order chi connectivity index (χ1) is 8.69. The van der Waals surface area contributed by atoms with Crippen molar-refractivity contribution in [3.8, 4) is 6.07 Å². The summed E-state index contributed by atoms with van der Waals surface area (Å²) in [4.78, 5) is 4.30. The van der Waals surface area contributed by atoms with Gasteiger partial charge in [-0.1, -0.05) is 17.7 Å². The highest BCUT2D eigenvalue weighted by atomic mass is 79.9. The SMILES string of the molecule is N#Cc1ccc(Cl)cc1NCc1cccc(Br)n1. The van der Waals surface area contributed by atoms with E-state index in [0.717, 1.165) is 10.3 Å². The summed E-state index contributed by atoms with van der Waals surface area (Å²) in [5.74, 6) is 0. The molecular weight excluding hydrogens is 314 g/mol. The van der Waals surface area contributed by atoms with E-state index < -0.39 is 0 Å². The number of halogens is 2. The summed E-state index contributed by atoms with van der Waals surface area (Å²) >= 11 is 9.22. The number of hydrogen-bond donors (Lipinski definition) is 1. The molecule has 0 unspecified atom stereocenters. The molecule has 0 saturated heterocycles. The first kappa shape index (κ1) is 12.9. The van der Waals surface area contributed by atoms with Crippen LogP contribution in [0.25, 0.3) is 0 Å². The van der Waals surface area contributed by atoms with E-state index in [4.69, 9.17) is 16.9 Å². The fourth-order valence-electron chi connectivity index (χ4n) is 1.49. The molecule has 1 aromatic carbocycles. The maximum atomic E-state index is 8.99. The Morgan fingerprint density at radius 1 is 1.33 bits per heavy atom. The van der Waals surface area contributed by atoms with Crippen molar-refractivity contribution in [2.75, 3.05) is 5.32 Å². The Kier molecular flexibility index (Phi) is 4.19. The van der Waals surface area contributed by atoms with Gasteiger partial charge < -0.3 is 5.32 Å². The maximum absolute atomic E-state index is 8.99. The molecule has 1 heterocycles. The van der Waals surface area contributed by atoms with Gasteiger partial charge in [-0.3, -0.25) is 0 Å². The van der Waals surface area contributed by atoms with Gasteiger partial charge in [-0.05, 0) is 46.3 Å². The summed E-state index contributed by atoms with van der Waals surface area (Å²) in [6.45, 7) is 0.536. The molecule has 1 N–H and O–H groups in total. The van der Waals surface area contributed by atoms with Gasteiger partial charge in [-0.25, -0.2) is 4.98 Å². The molecule has 2 aromatic rings. The Morgan fingerprint density at radius 3 is 2.89 bits per heavy atom. The smallest absolute Gasteiger partial charge is 0.106 e. The normalized spacial score (nSPS) is 9.83. The van der Waals surface area contributed by atoms with Crippen molar-refractivity contribution in [3.63, 3.8) is 0 Å². The Balaban J connectivity index is 2.15. The highest BCUT2D eigenvalue weighted by Crippen LogP contribution is 2.21. The van der Waals surface area contributed by atoms with Crippen LogP contribution in [0.5, 0.6) is 0 Å². The zero-order chi connectivity index (χ0) is 13.0. The molecule has 0 atom stereocenters. The Morgan fingerprint density at radius 2 is 2.17 bits per heavy atom. The van der Waals surface area contributed by atoms with Crippen molar-refractivity contribution in [2.24, 2.45) is 0 Å². The monoisotopic (exact) mass is 321 g/mol. The molecule has 5 heteroatoms. The van der Waals surface area contributed by atoms with Crippen LogP contribution in [0.4, 0.5) is 5.69 Å². The first-order valence-electron chi connectivity index (χ1n) is 5.24. The van der Waals surface area contributed by atoms with E-state index in [1.165, 1.54) is 0 Å². The van der Waals surface area contributed by atoms with E-state index in [-0.39, 0.29) is 0 Å². The first-order valence-corrected chi connectivity index (χ1v) is 6.41. The van der Waals surface area contributed by atoms with E-state index in [1.54, 1.807) is 18.2 Å². The Bertz CT molecular complexity index is 607. The third kappa shape index (κ3) is 3.22. The topological polar surface area (TPSA) is 48.7 Å². The molecule has 0 spiro atoms. The van der Waals surface area contributed by atoms with Crippen LogP contribution in [0.1, 0.15) is 11.3 Å². The summed E-state index contributed by atoms with van der Waals surface area (Å²) in [5.41, 5.74) is 2.16. The standard InChI is InChI=1S/C13H9BrClN3/c14-13-3-1-2-11(18-13)8-17-12-6-10(15)5-4-9(12)7-16/h1-6,17H,8H2. The quantitative estimate of drug-likeness (QED) is 0.870. The van der Waals surface area contributed by atoms with Crippen molar-refractivity contribution >= 4 is 33.2 Å². The van der Waals surface area contributed by atoms with Gasteiger partial charge in [0.1, 0.15) is 10.7 Å². The van der Waals surface area contributed by atoms with Crippen LogP contribution in [0.2, 0.25) is 5.02 Å². The molecule has 18 heavy (non-hydrogen) atoms. The number of pyridine rings is 1. The summed E-state index contributed by atoms with van der Waals surface area (Å²) in [7, 11) is 0. The molecule has 0 amide bonds. The Labute approximate surface area is 119 Å². The number of nitrogens with zero attached hydrogens (tertiary/aromatic N) is 2. The fourth-order valence-corrected chi connectivity index (χ4v) is 2.05. The van der Waals surface area contributed by atoms with Crippen molar-refractivity contribution in [2.45, 2.75) is 6.54 Å². The molecule has 0 saturated carbocycles. The number of anilines is 1. The zero-order valence-electron chi connectivity index (χ0n) is 9.32. The summed E-state index contributed by atoms with van der Waals surface area (Å²) in [6, 6.07) is 12.9. The molecule has 1 aromatic heterocycles. The van der Waals surface area contributed by atoms with Crippen LogP contribution in [-0.4, -0.2) is 4.98 Å².